The molecule has 2 amide bonds. The van der Waals surface area contributed by atoms with Crippen LogP contribution in [0.25, 0.3) is 0 Å². The number of carbonyl (C=O) groups is 2. The molecule has 1 fully saturated rings. The van der Waals surface area contributed by atoms with E-state index in [2.05, 4.69) is 21.2 Å². The fraction of sp³-hybridized carbons (Fsp3) is 0.333. The first kappa shape index (κ1) is 20.4. The van der Waals surface area contributed by atoms with Gasteiger partial charge in [-0.25, -0.2) is 0 Å². The SMILES string of the molecule is CC(=O)N(C)c1ccc(NC(=O)c2ccc(OCC3CCCO3)c(Br)c2)cc1. The van der Waals surface area contributed by atoms with Crippen LogP contribution in [-0.2, 0) is 9.53 Å². The van der Waals surface area contributed by atoms with Gasteiger partial charge in [0, 0.05) is 37.5 Å². The van der Waals surface area contributed by atoms with Crippen LogP contribution in [0.15, 0.2) is 46.9 Å². The quantitative estimate of drug-likeness (QED) is 0.720. The second kappa shape index (κ2) is 9.21. The summed E-state index contributed by atoms with van der Waals surface area (Å²) in [5, 5.41) is 2.85. The van der Waals surface area contributed by atoms with E-state index in [1.54, 1.807) is 49.5 Å². The third-order valence-corrected chi connectivity index (χ3v) is 5.25. The van der Waals surface area contributed by atoms with Crippen molar-refractivity contribution < 1.29 is 19.1 Å². The predicted octanol–water partition coefficient (Wildman–Crippen LogP) is 4.24. The average molecular weight is 447 g/mol. The number of benzene rings is 2. The topological polar surface area (TPSA) is 67.9 Å². The Morgan fingerprint density at radius 2 is 2.00 bits per heavy atom. The van der Waals surface area contributed by atoms with Crippen molar-refractivity contribution in [1.29, 1.82) is 0 Å². The van der Waals surface area contributed by atoms with Gasteiger partial charge >= 0.3 is 0 Å². The fourth-order valence-electron chi connectivity index (χ4n) is 2.87. The Kier molecular flexibility index (Phi) is 6.70. The first-order chi connectivity index (χ1) is 13.4. The van der Waals surface area contributed by atoms with E-state index < -0.39 is 0 Å². The summed E-state index contributed by atoms with van der Waals surface area (Å²) in [5.41, 5.74) is 1.93. The number of nitrogens with zero attached hydrogens (tertiary/aromatic N) is 1. The molecule has 0 bridgehead atoms. The van der Waals surface area contributed by atoms with Crippen molar-refractivity contribution in [2.24, 2.45) is 0 Å². The number of halogens is 1. The monoisotopic (exact) mass is 446 g/mol. The van der Waals surface area contributed by atoms with Gasteiger partial charge in [-0.05, 0) is 71.2 Å². The molecule has 0 aliphatic carbocycles. The maximum Gasteiger partial charge on any atom is 0.255 e. The van der Waals surface area contributed by atoms with E-state index in [4.69, 9.17) is 9.47 Å². The summed E-state index contributed by atoms with van der Waals surface area (Å²) in [6.45, 7) is 2.80. The smallest absolute Gasteiger partial charge is 0.255 e. The Balaban J connectivity index is 1.60. The van der Waals surface area contributed by atoms with Crippen molar-refractivity contribution in [3.05, 3.63) is 52.5 Å². The van der Waals surface area contributed by atoms with E-state index in [1.165, 1.54) is 11.8 Å². The number of hydrogen-bond acceptors (Lipinski definition) is 4. The molecular weight excluding hydrogens is 424 g/mol. The molecule has 1 N–H and O–H groups in total. The number of hydrogen-bond donors (Lipinski definition) is 1. The Labute approximate surface area is 172 Å². The Morgan fingerprint density at radius 3 is 2.61 bits per heavy atom. The van der Waals surface area contributed by atoms with E-state index in [0.717, 1.165) is 29.6 Å². The van der Waals surface area contributed by atoms with E-state index in [-0.39, 0.29) is 17.9 Å². The van der Waals surface area contributed by atoms with Gasteiger partial charge in [0.05, 0.1) is 10.6 Å². The number of nitrogens with one attached hydrogen (secondary N) is 1. The Hall–Kier alpha value is -2.38. The van der Waals surface area contributed by atoms with Crippen LogP contribution in [0, 0.1) is 0 Å². The molecule has 0 radical (unpaired) electrons. The highest BCUT2D eigenvalue weighted by Crippen LogP contribution is 2.27. The summed E-state index contributed by atoms with van der Waals surface area (Å²) >= 11 is 3.47. The zero-order chi connectivity index (χ0) is 20.1. The van der Waals surface area contributed by atoms with Crippen LogP contribution in [0.3, 0.4) is 0 Å². The predicted molar refractivity (Wildman–Crippen MR) is 112 cm³/mol. The highest BCUT2D eigenvalue weighted by Gasteiger charge is 2.17. The summed E-state index contributed by atoms with van der Waals surface area (Å²) in [6, 6.07) is 12.3. The Bertz CT molecular complexity index is 848. The first-order valence-electron chi connectivity index (χ1n) is 9.13. The zero-order valence-electron chi connectivity index (χ0n) is 15.9. The molecule has 0 saturated carbocycles. The zero-order valence-corrected chi connectivity index (χ0v) is 17.5. The minimum atomic E-state index is -0.223. The molecule has 3 rings (SSSR count). The summed E-state index contributed by atoms with van der Waals surface area (Å²) in [4.78, 5) is 25.5. The van der Waals surface area contributed by atoms with Crippen molar-refractivity contribution in [2.45, 2.75) is 25.9 Å². The van der Waals surface area contributed by atoms with Crippen molar-refractivity contribution in [3.8, 4) is 5.75 Å². The molecule has 1 saturated heterocycles. The van der Waals surface area contributed by atoms with Gasteiger partial charge in [0.15, 0.2) is 0 Å². The van der Waals surface area contributed by atoms with Crippen LogP contribution in [0.1, 0.15) is 30.1 Å². The number of carbonyl (C=O) groups excluding carboxylic acids is 2. The van der Waals surface area contributed by atoms with Crippen LogP contribution in [0.2, 0.25) is 0 Å². The van der Waals surface area contributed by atoms with Gasteiger partial charge in [0.25, 0.3) is 5.91 Å². The largest absolute Gasteiger partial charge is 0.490 e. The molecule has 0 aromatic heterocycles. The summed E-state index contributed by atoms with van der Waals surface area (Å²) < 4.78 is 12.1. The van der Waals surface area contributed by atoms with Gasteiger partial charge in [-0.2, -0.15) is 0 Å². The average Bonchev–Trinajstić information content (AvgIpc) is 3.20. The third kappa shape index (κ3) is 5.11. The summed E-state index contributed by atoms with van der Waals surface area (Å²) in [5.74, 6) is 0.408. The van der Waals surface area contributed by atoms with Crippen molar-refractivity contribution in [1.82, 2.24) is 0 Å². The molecule has 2 aromatic rings. The molecular formula is C21H23BrN2O4. The summed E-state index contributed by atoms with van der Waals surface area (Å²) in [6.07, 6.45) is 2.22. The molecule has 6 nitrogen and oxygen atoms in total. The van der Waals surface area contributed by atoms with Crippen LogP contribution < -0.4 is 15.0 Å². The van der Waals surface area contributed by atoms with Crippen molar-refractivity contribution >= 4 is 39.1 Å². The molecule has 7 heteroatoms. The van der Waals surface area contributed by atoms with Crippen LogP contribution in [0.4, 0.5) is 11.4 Å². The lowest BCUT2D eigenvalue weighted by molar-refractivity contribution is -0.116. The van der Waals surface area contributed by atoms with Crippen LogP contribution >= 0.6 is 15.9 Å². The molecule has 1 unspecified atom stereocenters. The second-order valence-electron chi connectivity index (χ2n) is 6.67. The van der Waals surface area contributed by atoms with E-state index in [0.29, 0.717) is 23.6 Å². The fourth-order valence-corrected chi connectivity index (χ4v) is 3.36. The van der Waals surface area contributed by atoms with Gasteiger partial charge in [-0.15, -0.1) is 0 Å². The first-order valence-corrected chi connectivity index (χ1v) is 9.93. The number of rotatable bonds is 6. The highest BCUT2D eigenvalue weighted by molar-refractivity contribution is 9.10. The molecule has 1 aliphatic rings. The second-order valence-corrected chi connectivity index (χ2v) is 7.52. The standard InChI is InChI=1S/C21H23BrN2O4/c1-14(25)24(2)17-8-6-16(7-9-17)23-21(26)15-5-10-20(19(22)12-15)28-13-18-4-3-11-27-18/h5-10,12,18H,3-4,11,13H2,1-2H3,(H,23,26). The number of amides is 2. The maximum atomic E-state index is 12.5. The van der Waals surface area contributed by atoms with Crippen molar-refractivity contribution in [2.75, 3.05) is 30.5 Å². The van der Waals surface area contributed by atoms with Gasteiger partial charge in [-0.1, -0.05) is 0 Å². The minimum absolute atomic E-state index is 0.0524. The van der Waals surface area contributed by atoms with E-state index in [9.17, 15) is 9.59 Å². The molecule has 148 valence electrons. The van der Waals surface area contributed by atoms with Crippen LogP contribution in [-0.4, -0.2) is 38.2 Å². The normalized spacial score (nSPS) is 15.9. The molecule has 0 spiro atoms. The highest BCUT2D eigenvalue weighted by atomic mass is 79.9. The van der Waals surface area contributed by atoms with Gasteiger partial charge < -0.3 is 19.7 Å². The lowest BCUT2D eigenvalue weighted by atomic mass is 10.2. The van der Waals surface area contributed by atoms with Gasteiger partial charge in [0.1, 0.15) is 12.4 Å². The van der Waals surface area contributed by atoms with Gasteiger partial charge in [-0.3, -0.25) is 9.59 Å². The molecule has 1 atom stereocenters. The van der Waals surface area contributed by atoms with Crippen molar-refractivity contribution in [3.63, 3.8) is 0 Å². The number of anilines is 2. The van der Waals surface area contributed by atoms with E-state index >= 15 is 0 Å². The number of ether oxygens (including phenoxy) is 2. The minimum Gasteiger partial charge on any atom is -0.490 e. The Morgan fingerprint density at radius 1 is 1.25 bits per heavy atom. The summed E-state index contributed by atoms with van der Waals surface area (Å²) in [7, 11) is 1.70. The molecule has 1 heterocycles. The lowest BCUT2D eigenvalue weighted by Gasteiger charge is -2.15. The van der Waals surface area contributed by atoms with E-state index in [1.807, 2.05) is 0 Å². The third-order valence-electron chi connectivity index (χ3n) is 4.63. The molecule has 1 aliphatic heterocycles. The molecule has 28 heavy (non-hydrogen) atoms. The maximum absolute atomic E-state index is 12.5. The lowest BCUT2D eigenvalue weighted by Crippen LogP contribution is -2.22. The van der Waals surface area contributed by atoms with Gasteiger partial charge in [0.2, 0.25) is 5.91 Å². The molecule has 2 aromatic carbocycles. The van der Waals surface area contributed by atoms with Crippen LogP contribution in [0.5, 0.6) is 5.75 Å².